The third-order valence-electron chi connectivity index (χ3n) is 6.60. The Morgan fingerprint density at radius 2 is 1.75 bits per heavy atom. The van der Waals surface area contributed by atoms with E-state index in [9.17, 15) is 18.0 Å². The highest BCUT2D eigenvalue weighted by atomic mass is 19.4. The van der Waals surface area contributed by atoms with Crippen LogP contribution in [0.3, 0.4) is 0 Å². The predicted octanol–water partition coefficient (Wildman–Crippen LogP) is 3.50. The van der Waals surface area contributed by atoms with Gasteiger partial charge in [0.05, 0.1) is 17.7 Å². The van der Waals surface area contributed by atoms with Gasteiger partial charge in [-0.25, -0.2) is 19.9 Å². The van der Waals surface area contributed by atoms with Gasteiger partial charge in [0.2, 0.25) is 5.91 Å². The van der Waals surface area contributed by atoms with Gasteiger partial charge in [-0.1, -0.05) is 24.3 Å². The molecule has 0 atom stereocenters. The van der Waals surface area contributed by atoms with Gasteiger partial charge in [-0.3, -0.25) is 4.79 Å². The average molecular weight is 499 g/mol. The molecule has 1 saturated heterocycles. The van der Waals surface area contributed by atoms with E-state index in [1.54, 1.807) is 0 Å². The first-order valence-electron chi connectivity index (χ1n) is 11.9. The molecule has 0 radical (unpaired) electrons. The highest BCUT2D eigenvalue weighted by Gasteiger charge is 2.35. The van der Waals surface area contributed by atoms with Crippen LogP contribution in [0.5, 0.6) is 0 Å². The van der Waals surface area contributed by atoms with Crippen LogP contribution in [0.1, 0.15) is 58.2 Å². The van der Waals surface area contributed by atoms with Crippen molar-refractivity contribution in [3.05, 3.63) is 82.5 Å². The average Bonchev–Trinajstić information content (AvgIpc) is 2.84. The van der Waals surface area contributed by atoms with Crippen LogP contribution in [-0.4, -0.2) is 50.9 Å². The Labute approximate surface area is 208 Å². The van der Waals surface area contributed by atoms with Crippen LogP contribution in [0.15, 0.2) is 43.0 Å². The molecule has 2 aromatic heterocycles. The fourth-order valence-corrected chi connectivity index (χ4v) is 4.58. The van der Waals surface area contributed by atoms with Crippen LogP contribution < -0.4 is 5.73 Å². The third kappa shape index (κ3) is 6.63. The zero-order chi connectivity index (χ0) is 25.7. The smallest absolute Gasteiger partial charge is 0.369 e. The summed E-state index contributed by atoms with van der Waals surface area (Å²) in [5.74, 6) is 0.295. The SMILES string of the molecule is CN1CCC(c2ccc(Cc3ncc(C(F)(F)F)c(CCc4ncncc4CC(N)=O)n3)cc2)CC1. The van der Waals surface area contributed by atoms with Gasteiger partial charge in [-0.15, -0.1) is 0 Å². The summed E-state index contributed by atoms with van der Waals surface area (Å²) in [7, 11) is 2.13. The standard InChI is InChI=1S/C26H29F3N6O/c1-35-10-8-19(9-11-35)18-4-2-17(3-5-18)12-25-32-15-21(26(27,28)29)23(34-25)7-6-22-20(13-24(30)36)14-31-16-33-22/h2-5,14-16,19H,6-13H2,1H3,(H2,30,36). The maximum absolute atomic E-state index is 13.7. The van der Waals surface area contributed by atoms with Crippen LogP contribution in [0.4, 0.5) is 13.2 Å². The largest absolute Gasteiger partial charge is 0.419 e. The summed E-state index contributed by atoms with van der Waals surface area (Å²) in [5.41, 5.74) is 7.50. The topological polar surface area (TPSA) is 97.9 Å². The van der Waals surface area contributed by atoms with Crippen LogP contribution in [0, 0.1) is 0 Å². The fourth-order valence-electron chi connectivity index (χ4n) is 4.58. The number of nitrogens with zero attached hydrogens (tertiary/aromatic N) is 5. The maximum Gasteiger partial charge on any atom is 0.419 e. The van der Waals surface area contributed by atoms with Crippen LogP contribution in [0.2, 0.25) is 0 Å². The predicted molar refractivity (Wildman–Crippen MR) is 128 cm³/mol. The van der Waals surface area contributed by atoms with Crippen molar-refractivity contribution in [3.8, 4) is 0 Å². The number of aromatic nitrogens is 4. The number of aryl methyl sites for hydroxylation is 2. The minimum Gasteiger partial charge on any atom is -0.369 e. The molecular formula is C26H29F3N6O. The molecule has 1 aromatic carbocycles. The fraction of sp³-hybridized carbons (Fsp3) is 0.423. The number of piperidine rings is 1. The molecule has 1 fully saturated rings. The molecule has 3 aromatic rings. The van der Waals surface area contributed by atoms with Crippen molar-refractivity contribution < 1.29 is 18.0 Å². The van der Waals surface area contributed by atoms with Gasteiger partial charge in [0, 0.05) is 30.1 Å². The Morgan fingerprint density at radius 1 is 1.06 bits per heavy atom. The van der Waals surface area contributed by atoms with Gasteiger partial charge < -0.3 is 10.6 Å². The monoisotopic (exact) mass is 498 g/mol. The molecule has 7 nitrogen and oxygen atoms in total. The van der Waals surface area contributed by atoms with Gasteiger partial charge in [0.25, 0.3) is 0 Å². The highest BCUT2D eigenvalue weighted by molar-refractivity contribution is 5.76. The first-order chi connectivity index (χ1) is 17.2. The molecule has 2 N–H and O–H groups in total. The minimum atomic E-state index is -4.58. The van der Waals surface area contributed by atoms with Gasteiger partial charge in [-0.2, -0.15) is 13.2 Å². The number of likely N-dealkylation sites (tertiary alicyclic amines) is 1. The molecule has 1 aliphatic rings. The summed E-state index contributed by atoms with van der Waals surface area (Å²) in [4.78, 5) is 30.0. The first-order valence-corrected chi connectivity index (χ1v) is 11.9. The van der Waals surface area contributed by atoms with E-state index < -0.39 is 17.6 Å². The molecule has 0 bridgehead atoms. The summed E-state index contributed by atoms with van der Waals surface area (Å²) < 4.78 is 41.0. The molecule has 4 rings (SSSR count). The highest BCUT2D eigenvalue weighted by Crippen LogP contribution is 2.32. The summed E-state index contributed by atoms with van der Waals surface area (Å²) in [6, 6.07) is 8.22. The van der Waals surface area contributed by atoms with E-state index in [0.717, 1.165) is 37.7 Å². The van der Waals surface area contributed by atoms with E-state index in [1.165, 1.54) is 18.1 Å². The minimum absolute atomic E-state index is 0.0117. The Hall–Kier alpha value is -3.40. The summed E-state index contributed by atoms with van der Waals surface area (Å²) >= 11 is 0. The van der Waals surface area contributed by atoms with Crippen LogP contribution in [-0.2, 0) is 36.7 Å². The van der Waals surface area contributed by atoms with E-state index in [1.807, 2.05) is 12.1 Å². The molecule has 10 heteroatoms. The van der Waals surface area contributed by atoms with Crippen molar-refractivity contribution >= 4 is 5.91 Å². The number of halogens is 3. The summed E-state index contributed by atoms with van der Waals surface area (Å²) in [5, 5.41) is 0. The number of rotatable bonds is 8. The van der Waals surface area contributed by atoms with Crippen LogP contribution >= 0.6 is 0 Å². The van der Waals surface area contributed by atoms with Gasteiger partial charge in [-0.05, 0) is 62.9 Å². The van der Waals surface area contributed by atoms with Crippen molar-refractivity contribution in [2.24, 2.45) is 5.73 Å². The molecule has 0 spiro atoms. The van der Waals surface area contributed by atoms with E-state index in [-0.39, 0.29) is 25.0 Å². The molecule has 0 unspecified atom stereocenters. The zero-order valence-electron chi connectivity index (χ0n) is 20.1. The lowest BCUT2D eigenvalue weighted by Crippen LogP contribution is -2.29. The molecular weight excluding hydrogens is 469 g/mol. The maximum atomic E-state index is 13.7. The lowest BCUT2D eigenvalue weighted by atomic mass is 9.89. The number of amides is 1. The quantitative estimate of drug-likeness (QED) is 0.511. The number of hydrogen-bond acceptors (Lipinski definition) is 6. The van der Waals surface area contributed by atoms with Crippen molar-refractivity contribution in [2.75, 3.05) is 20.1 Å². The van der Waals surface area contributed by atoms with Crippen molar-refractivity contribution in [1.82, 2.24) is 24.8 Å². The molecule has 0 aliphatic carbocycles. The third-order valence-corrected chi connectivity index (χ3v) is 6.60. The Morgan fingerprint density at radius 3 is 2.42 bits per heavy atom. The Bertz CT molecular complexity index is 1190. The number of alkyl halides is 3. The molecule has 1 aliphatic heterocycles. The van der Waals surface area contributed by atoms with E-state index >= 15 is 0 Å². The van der Waals surface area contributed by atoms with Gasteiger partial charge in [0.1, 0.15) is 12.2 Å². The summed E-state index contributed by atoms with van der Waals surface area (Å²) in [6.07, 6.45) is 1.68. The number of nitrogens with two attached hydrogens (primary N) is 1. The number of benzene rings is 1. The number of hydrogen-bond donors (Lipinski definition) is 1. The lowest BCUT2D eigenvalue weighted by molar-refractivity contribution is -0.138. The van der Waals surface area contributed by atoms with E-state index in [4.69, 9.17) is 5.73 Å². The first kappa shape index (κ1) is 25.7. The Kier molecular flexibility index (Phi) is 7.93. The second-order valence-corrected chi connectivity index (χ2v) is 9.28. The molecule has 3 heterocycles. The molecule has 0 saturated carbocycles. The van der Waals surface area contributed by atoms with Crippen molar-refractivity contribution in [2.45, 2.75) is 50.6 Å². The number of carbonyl (C=O) groups is 1. The number of carbonyl (C=O) groups excluding carboxylic acids is 1. The van der Waals surface area contributed by atoms with Gasteiger partial charge >= 0.3 is 6.18 Å². The van der Waals surface area contributed by atoms with E-state index in [2.05, 4.69) is 44.0 Å². The molecule has 190 valence electrons. The van der Waals surface area contributed by atoms with Crippen molar-refractivity contribution in [3.63, 3.8) is 0 Å². The lowest BCUT2D eigenvalue weighted by Gasteiger charge is -2.29. The second-order valence-electron chi connectivity index (χ2n) is 9.28. The molecule has 1 amide bonds. The summed E-state index contributed by atoms with van der Waals surface area (Å²) in [6.45, 7) is 2.15. The van der Waals surface area contributed by atoms with E-state index in [0.29, 0.717) is 29.4 Å². The van der Waals surface area contributed by atoms with Gasteiger partial charge in [0.15, 0.2) is 0 Å². The van der Waals surface area contributed by atoms with Crippen molar-refractivity contribution in [1.29, 1.82) is 0 Å². The zero-order valence-corrected chi connectivity index (χ0v) is 20.1. The Balaban J connectivity index is 1.50. The normalized spacial score (nSPS) is 15.2. The second kappa shape index (κ2) is 11.1. The molecule has 36 heavy (non-hydrogen) atoms. The number of primary amides is 1. The van der Waals surface area contributed by atoms with Crippen LogP contribution in [0.25, 0.3) is 0 Å².